The smallest absolute Gasteiger partial charge is 0.253 e. The second kappa shape index (κ2) is 7.88. The van der Waals surface area contributed by atoms with Gasteiger partial charge >= 0.3 is 0 Å². The molecule has 2 aromatic carbocycles. The molecule has 126 valence electrons. The van der Waals surface area contributed by atoms with Crippen LogP contribution in [-0.4, -0.2) is 32.2 Å². The fraction of sp³-hybridized carbons (Fsp3) is 0.278. The lowest BCUT2D eigenvalue weighted by Gasteiger charge is -2.30. The van der Waals surface area contributed by atoms with Crippen molar-refractivity contribution in [1.29, 1.82) is 0 Å². The summed E-state index contributed by atoms with van der Waals surface area (Å²) in [6.45, 7) is 3.57. The zero-order valence-corrected chi connectivity index (χ0v) is 14.6. The summed E-state index contributed by atoms with van der Waals surface area (Å²) in [6.07, 6.45) is 0. The van der Waals surface area contributed by atoms with Crippen molar-refractivity contribution in [3.8, 4) is 0 Å². The first-order valence-corrected chi connectivity index (χ1v) is 8.54. The normalized spacial score (nSPS) is 14.5. The van der Waals surface area contributed by atoms with E-state index in [0.29, 0.717) is 22.2 Å². The van der Waals surface area contributed by atoms with Gasteiger partial charge in [0, 0.05) is 30.3 Å². The number of nitrogens with one attached hydrogen (secondary N) is 1. The summed E-state index contributed by atoms with van der Waals surface area (Å²) in [7, 11) is 0. The van der Waals surface area contributed by atoms with Gasteiger partial charge in [-0.25, -0.2) is 0 Å². The number of hydrogen-bond acceptors (Lipinski definition) is 3. The van der Waals surface area contributed by atoms with E-state index in [-0.39, 0.29) is 5.91 Å². The third-order valence-electron chi connectivity index (χ3n) is 3.96. The average Bonchev–Trinajstić information content (AvgIpc) is 2.62. The van der Waals surface area contributed by atoms with Crippen molar-refractivity contribution in [2.24, 2.45) is 0 Å². The predicted molar refractivity (Wildman–Crippen MR) is 97.1 cm³/mol. The molecule has 1 saturated heterocycles. The third kappa shape index (κ3) is 4.01. The van der Waals surface area contributed by atoms with Crippen molar-refractivity contribution in [2.75, 3.05) is 31.2 Å². The van der Waals surface area contributed by atoms with Crippen LogP contribution in [0, 0.1) is 0 Å². The maximum absolute atomic E-state index is 12.4. The highest BCUT2D eigenvalue weighted by molar-refractivity contribution is 6.35. The Labute approximate surface area is 151 Å². The van der Waals surface area contributed by atoms with E-state index in [1.807, 2.05) is 18.2 Å². The van der Waals surface area contributed by atoms with Gasteiger partial charge in [-0.1, -0.05) is 41.4 Å². The molecule has 2 aromatic rings. The standard InChI is InChI=1S/C18H18Cl2N2O2/c19-14-5-6-16(20)15(11-14)18(23)21-12-13-3-1-2-4-17(13)22-7-9-24-10-8-22/h1-6,11H,7-10,12H2,(H,21,23). The molecule has 0 aliphatic carbocycles. The summed E-state index contributed by atoms with van der Waals surface area (Å²) >= 11 is 12.0. The average molecular weight is 365 g/mol. The van der Waals surface area contributed by atoms with Crippen LogP contribution in [0.2, 0.25) is 10.0 Å². The topological polar surface area (TPSA) is 41.6 Å². The fourth-order valence-electron chi connectivity index (χ4n) is 2.72. The Balaban J connectivity index is 1.72. The molecule has 24 heavy (non-hydrogen) atoms. The molecule has 1 N–H and O–H groups in total. The van der Waals surface area contributed by atoms with Crippen molar-refractivity contribution in [1.82, 2.24) is 5.32 Å². The number of morpholine rings is 1. The number of halogens is 2. The summed E-state index contributed by atoms with van der Waals surface area (Å²) in [5.41, 5.74) is 2.57. The molecular weight excluding hydrogens is 347 g/mol. The lowest BCUT2D eigenvalue weighted by Crippen LogP contribution is -2.37. The van der Waals surface area contributed by atoms with Gasteiger partial charge in [0.05, 0.1) is 23.8 Å². The number of carbonyl (C=O) groups is 1. The van der Waals surface area contributed by atoms with Crippen LogP contribution >= 0.6 is 23.2 Å². The van der Waals surface area contributed by atoms with Gasteiger partial charge in [0.2, 0.25) is 0 Å². The van der Waals surface area contributed by atoms with E-state index in [1.54, 1.807) is 18.2 Å². The van der Waals surface area contributed by atoms with E-state index in [2.05, 4.69) is 16.3 Å². The first kappa shape index (κ1) is 17.1. The van der Waals surface area contributed by atoms with E-state index in [4.69, 9.17) is 27.9 Å². The zero-order valence-electron chi connectivity index (χ0n) is 13.1. The molecule has 1 heterocycles. The molecule has 4 nitrogen and oxygen atoms in total. The molecule has 0 radical (unpaired) electrons. The van der Waals surface area contributed by atoms with Gasteiger partial charge in [0.1, 0.15) is 0 Å². The second-order valence-corrected chi connectivity index (χ2v) is 6.38. The van der Waals surface area contributed by atoms with Crippen LogP contribution in [-0.2, 0) is 11.3 Å². The summed E-state index contributed by atoms with van der Waals surface area (Å²) < 4.78 is 5.40. The van der Waals surface area contributed by atoms with Crippen LogP contribution in [0.5, 0.6) is 0 Å². The molecule has 1 fully saturated rings. The van der Waals surface area contributed by atoms with Crippen LogP contribution < -0.4 is 10.2 Å². The number of hydrogen-bond donors (Lipinski definition) is 1. The van der Waals surface area contributed by atoms with Crippen LogP contribution in [0.25, 0.3) is 0 Å². The summed E-state index contributed by atoms with van der Waals surface area (Å²) in [4.78, 5) is 14.7. The maximum Gasteiger partial charge on any atom is 0.253 e. The molecule has 1 aliphatic heterocycles. The summed E-state index contributed by atoms with van der Waals surface area (Å²) in [5.74, 6) is -0.237. The van der Waals surface area contributed by atoms with Crippen molar-refractivity contribution in [3.05, 3.63) is 63.6 Å². The molecule has 0 saturated carbocycles. The van der Waals surface area contributed by atoms with E-state index in [9.17, 15) is 4.79 Å². The SMILES string of the molecule is O=C(NCc1ccccc1N1CCOCC1)c1cc(Cl)ccc1Cl. The molecule has 0 unspecified atom stereocenters. The second-order valence-electron chi connectivity index (χ2n) is 5.53. The third-order valence-corrected chi connectivity index (χ3v) is 4.52. The van der Waals surface area contributed by atoms with Crippen molar-refractivity contribution < 1.29 is 9.53 Å². The molecule has 3 rings (SSSR count). The van der Waals surface area contributed by atoms with Crippen LogP contribution in [0.1, 0.15) is 15.9 Å². The van der Waals surface area contributed by atoms with E-state index < -0.39 is 0 Å². The first-order chi connectivity index (χ1) is 11.6. The monoisotopic (exact) mass is 364 g/mol. The zero-order chi connectivity index (χ0) is 16.9. The first-order valence-electron chi connectivity index (χ1n) is 7.79. The van der Waals surface area contributed by atoms with E-state index in [1.165, 1.54) is 0 Å². The van der Waals surface area contributed by atoms with Gasteiger partial charge in [-0.2, -0.15) is 0 Å². The highest BCUT2D eigenvalue weighted by Gasteiger charge is 2.16. The van der Waals surface area contributed by atoms with Crippen molar-refractivity contribution in [2.45, 2.75) is 6.54 Å². The molecule has 0 aromatic heterocycles. The van der Waals surface area contributed by atoms with Gasteiger partial charge in [0.25, 0.3) is 5.91 Å². The quantitative estimate of drug-likeness (QED) is 0.897. The summed E-state index contributed by atoms with van der Waals surface area (Å²) in [6, 6.07) is 12.9. The molecule has 1 amide bonds. The fourth-order valence-corrected chi connectivity index (χ4v) is 3.09. The number of carbonyl (C=O) groups excluding carboxylic acids is 1. The Morgan fingerprint density at radius 2 is 1.88 bits per heavy atom. The van der Waals surface area contributed by atoms with E-state index in [0.717, 1.165) is 37.6 Å². The molecule has 0 bridgehead atoms. The van der Waals surface area contributed by atoms with Crippen LogP contribution in [0.4, 0.5) is 5.69 Å². The Hall–Kier alpha value is -1.75. The Morgan fingerprint density at radius 1 is 1.12 bits per heavy atom. The minimum absolute atomic E-state index is 0.237. The van der Waals surface area contributed by atoms with Gasteiger partial charge in [-0.05, 0) is 29.8 Å². The predicted octanol–water partition coefficient (Wildman–Crippen LogP) is 3.76. The number of rotatable bonds is 4. The number of anilines is 1. The highest BCUT2D eigenvalue weighted by Crippen LogP contribution is 2.23. The largest absolute Gasteiger partial charge is 0.378 e. The van der Waals surface area contributed by atoms with Crippen LogP contribution in [0.3, 0.4) is 0 Å². The number of benzene rings is 2. The van der Waals surface area contributed by atoms with Crippen molar-refractivity contribution >= 4 is 34.8 Å². The Kier molecular flexibility index (Phi) is 5.61. The number of para-hydroxylation sites is 1. The summed E-state index contributed by atoms with van der Waals surface area (Å²) in [5, 5.41) is 3.79. The molecule has 1 aliphatic rings. The number of ether oxygens (including phenoxy) is 1. The molecule has 6 heteroatoms. The lowest BCUT2D eigenvalue weighted by atomic mass is 10.1. The number of nitrogens with zero attached hydrogens (tertiary/aromatic N) is 1. The van der Waals surface area contributed by atoms with Crippen molar-refractivity contribution in [3.63, 3.8) is 0 Å². The van der Waals surface area contributed by atoms with Gasteiger partial charge < -0.3 is 15.0 Å². The van der Waals surface area contributed by atoms with Gasteiger partial charge in [0.15, 0.2) is 0 Å². The molecular formula is C18H18Cl2N2O2. The van der Waals surface area contributed by atoms with E-state index >= 15 is 0 Å². The molecule has 0 atom stereocenters. The minimum atomic E-state index is -0.237. The molecule has 0 spiro atoms. The van der Waals surface area contributed by atoms with Gasteiger partial charge in [-0.15, -0.1) is 0 Å². The lowest BCUT2D eigenvalue weighted by molar-refractivity contribution is 0.0951. The maximum atomic E-state index is 12.4. The number of amides is 1. The highest BCUT2D eigenvalue weighted by atomic mass is 35.5. The van der Waals surface area contributed by atoms with Gasteiger partial charge in [-0.3, -0.25) is 4.79 Å². The minimum Gasteiger partial charge on any atom is -0.378 e. The van der Waals surface area contributed by atoms with Crippen LogP contribution in [0.15, 0.2) is 42.5 Å². The Morgan fingerprint density at radius 3 is 2.67 bits per heavy atom. The Bertz CT molecular complexity index is 731.